The molecular formula is C23H29N3O4. The molecule has 7 nitrogen and oxygen atoms in total. The van der Waals surface area contributed by atoms with Crippen LogP contribution in [0.25, 0.3) is 0 Å². The second-order valence-electron chi connectivity index (χ2n) is 7.41. The molecule has 0 aliphatic carbocycles. The van der Waals surface area contributed by atoms with Crippen molar-refractivity contribution < 1.29 is 19.4 Å². The SMILES string of the molecule is CNC(=O)CCC(=O)N1CCN(c2ccc(OC)c(O)c2)C[C@@H]1Cc1ccccc1. The predicted octanol–water partition coefficient (Wildman–Crippen LogP) is 2.19. The average molecular weight is 412 g/mol. The van der Waals surface area contributed by atoms with Gasteiger partial charge in [-0.1, -0.05) is 30.3 Å². The van der Waals surface area contributed by atoms with Gasteiger partial charge in [0.25, 0.3) is 0 Å². The Morgan fingerprint density at radius 2 is 1.90 bits per heavy atom. The number of nitrogens with one attached hydrogen (secondary N) is 1. The summed E-state index contributed by atoms with van der Waals surface area (Å²) in [5, 5.41) is 12.7. The summed E-state index contributed by atoms with van der Waals surface area (Å²) >= 11 is 0. The molecule has 160 valence electrons. The Balaban J connectivity index is 1.77. The van der Waals surface area contributed by atoms with Gasteiger partial charge >= 0.3 is 0 Å². The molecule has 2 aromatic carbocycles. The van der Waals surface area contributed by atoms with E-state index in [-0.39, 0.29) is 36.4 Å². The number of amides is 2. The first kappa shape index (κ1) is 21.5. The van der Waals surface area contributed by atoms with E-state index in [0.29, 0.717) is 25.4 Å². The summed E-state index contributed by atoms with van der Waals surface area (Å²) in [5.74, 6) is 0.397. The van der Waals surface area contributed by atoms with Crippen LogP contribution in [0, 0.1) is 0 Å². The first-order valence-corrected chi connectivity index (χ1v) is 10.2. The van der Waals surface area contributed by atoms with Crippen LogP contribution < -0.4 is 15.0 Å². The van der Waals surface area contributed by atoms with E-state index in [2.05, 4.69) is 22.3 Å². The molecule has 1 fully saturated rings. The lowest BCUT2D eigenvalue weighted by molar-refractivity contribution is -0.136. The van der Waals surface area contributed by atoms with Crippen LogP contribution >= 0.6 is 0 Å². The number of hydrogen-bond donors (Lipinski definition) is 2. The summed E-state index contributed by atoms with van der Waals surface area (Å²) in [4.78, 5) is 28.5. The van der Waals surface area contributed by atoms with Gasteiger partial charge in [-0.2, -0.15) is 0 Å². The minimum Gasteiger partial charge on any atom is -0.504 e. The predicted molar refractivity (Wildman–Crippen MR) is 116 cm³/mol. The van der Waals surface area contributed by atoms with Gasteiger partial charge in [0.2, 0.25) is 11.8 Å². The minimum atomic E-state index is -0.129. The molecule has 3 rings (SSSR count). The summed E-state index contributed by atoms with van der Waals surface area (Å²) in [6.07, 6.45) is 1.12. The third kappa shape index (κ3) is 5.23. The lowest BCUT2D eigenvalue weighted by Crippen LogP contribution is -2.56. The van der Waals surface area contributed by atoms with E-state index in [0.717, 1.165) is 17.7 Å². The van der Waals surface area contributed by atoms with E-state index in [9.17, 15) is 14.7 Å². The molecule has 0 saturated carbocycles. The molecule has 0 spiro atoms. The number of anilines is 1. The van der Waals surface area contributed by atoms with Crippen molar-refractivity contribution in [1.82, 2.24) is 10.2 Å². The van der Waals surface area contributed by atoms with Crippen molar-refractivity contribution in [3.05, 3.63) is 54.1 Å². The molecule has 0 bridgehead atoms. The number of carbonyl (C=O) groups is 2. The second-order valence-corrected chi connectivity index (χ2v) is 7.41. The summed E-state index contributed by atoms with van der Waals surface area (Å²) in [5.41, 5.74) is 2.05. The maximum atomic E-state index is 12.9. The van der Waals surface area contributed by atoms with E-state index < -0.39 is 0 Å². The molecule has 2 amide bonds. The van der Waals surface area contributed by atoms with Crippen LogP contribution in [0.5, 0.6) is 11.5 Å². The van der Waals surface area contributed by atoms with Gasteiger partial charge < -0.3 is 25.0 Å². The summed E-state index contributed by atoms with van der Waals surface area (Å²) in [6, 6.07) is 15.4. The standard InChI is InChI=1S/C23H29N3O4/c1-24-22(28)10-11-23(29)26-13-12-25(18-8-9-21(30-2)20(27)15-18)16-19(26)14-17-6-4-3-5-7-17/h3-9,15,19,27H,10-14,16H2,1-2H3,(H,24,28)/t19-/m0/s1. The fourth-order valence-electron chi connectivity index (χ4n) is 3.84. The van der Waals surface area contributed by atoms with Gasteiger partial charge in [0.15, 0.2) is 11.5 Å². The number of phenolic OH excluding ortho intramolecular Hbond substituents is 1. The molecule has 2 aromatic rings. The van der Waals surface area contributed by atoms with Crippen LogP contribution in [-0.2, 0) is 16.0 Å². The fourth-order valence-corrected chi connectivity index (χ4v) is 3.84. The molecule has 0 unspecified atom stereocenters. The quantitative estimate of drug-likeness (QED) is 0.730. The number of nitrogens with zero attached hydrogens (tertiary/aromatic N) is 2. The highest BCUT2D eigenvalue weighted by atomic mass is 16.5. The van der Waals surface area contributed by atoms with Gasteiger partial charge in [-0.15, -0.1) is 0 Å². The zero-order valence-corrected chi connectivity index (χ0v) is 17.5. The van der Waals surface area contributed by atoms with Crippen molar-refractivity contribution in [3.8, 4) is 11.5 Å². The van der Waals surface area contributed by atoms with Gasteiger partial charge in [0.05, 0.1) is 13.2 Å². The Morgan fingerprint density at radius 1 is 1.13 bits per heavy atom. The Morgan fingerprint density at radius 3 is 2.57 bits per heavy atom. The molecule has 1 heterocycles. The monoisotopic (exact) mass is 411 g/mol. The smallest absolute Gasteiger partial charge is 0.223 e. The Labute approximate surface area is 177 Å². The number of hydrogen-bond acceptors (Lipinski definition) is 5. The molecule has 7 heteroatoms. The van der Waals surface area contributed by atoms with E-state index in [1.807, 2.05) is 29.2 Å². The number of benzene rings is 2. The van der Waals surface area contributed by atoms with Gasteiger partial charge in [0, 0.05) is 51.3 Å². The van der Waals surface area contributed by atoms with Crippen LogP contribution in [0.15, 0.2) is 48.5 Å². The number of carbonyl (C=O) groups excluding carboxylic acids is 2. The van der Waals surface area contributed by atoms with Crippen molar-refractivity contribution in [2.24, 2.45) is 0 Å². The third-order valence-electron chi connectivity index (χ3n) is 5.49. The third-order valence-corrected chi connectivity index (χ3v) is 5.49. The van der Waals surface area contributed by atoms with Crippen LogP contribution in [0.2, 0.25) is 0 Å². The number of rotatable bonds is 7. The van der Waals surface area contributed by atoms with Crippen LogP contribution in [0.4, 0.5) is 5.69 Å². The van der Waals surface area contributed by atoms with Gasteiger partial charge in [0.1, 0.15) is 0 Å². The topological polar surface area (TPSA) is 82.1 Å². The highest BCUT2D eigenvalue weighted by Crippen LogP contribution is 2.31. The van der Waals surface area contributed by atoms with Crippen molar-refractivity contribution in [1.29, 1.82) is 0 Å². The van der Waals surface area contributed by atoms with Crippen molar-refractivity contribution >= 4 is 17.5 Å². The number of piperazine rings is 1. The van der Waals surface area contributed by atoms with Gasteiger partial charge in [-0.05, 0) is 24.1 Å². The van der Waals surface area contributed by atoms with Crippen molar-refractivity contribution in [2.75, 3.05) is 38.7 Å². The first-order chi connectivity index (χ1) is 14.5. The lowest BCUT2D eigenvalue weighted by atomic mass is 10.0. The molecule has 1 aliphatic heterocycles. The minimum absolute atomic E-state index is 0.00300. The first-order valence-electron chi connectivity index (χ1n) is 10.2. The molecule has 1 saturated heterocycles. The maximum Gasteiger partial charge on any atom is 0.223 e. The molecule has 2 N–H and O–H groups in total. The maximum absolute atomic E-state index is 12.9. The van der Waals surface area contributed by atoms with Crippen molar-refractivity contribution in [3.63, 3.8) is 0 Å². The molecule has 0 aromatic heterocycles. The van der Waals surface area contributed by atoms with E-state index in [1.54, 1.807) is 19.2 Å². The molecule has 0 radical (unpaired) electrons. The Kier molecular flexibility index (Phi) is 7.17. The Bertz CT molecular complexity index is 872. The van der Waals surface area contributed by atoms with E-state index in [1.165, 1.54) is 7.11 Å². The van der Waals surface area contributed by atoms with Crippen LogP contribution in [0.1, 0.15) is 18.4 Å². The number of phenols is 1. The normalized spacial score (nSPS) is 16.3. The largest absolute Gasteiger partial charge is 0.504 e. The van der Waals surface area contributed by atoms with E-state index >= 15 is 0 Å². The molecule has 1 atom stereocenters. The average Bonchev–Trinajstić information content (AvgIpc) is 2.77. The molecule has 30 heavy (non-hydrogen) atoms. The fraction of sp³-hybridized carbons (Fsp3) is 0.391. The number of ether oxygens (including phenoxy) is 1. The summed E-state index contributed by atoms with van der Waals surface area (Å²) in [6.45, 7) is 1.87. The summed E-state index contributed by atoms with van der Waals surface area (Å²) < 4.78 is 5.14. The number of methoxy groups -OCH3 is 1. The van der Waals surface area contributed by atoms with Gasteiger partial charge in [-0.3, -0.25) is 9.59 Å². The summed E-state index contributed by atoms with van der Waals surface area (Å²) in [7, 11) is 3.10. The highest BCUT2D eigenvalue weighted by molar-refractivity contribution is 5.84. The lowest BCUT2D eigenvalue weighted by Gasteiger charge is -2.43. The molecule has 1 aliphatic rings. The zero-order chi connectivity index (χ0) is 21.5. The van der Waals surface area contributed by atoms with Gasteiger partial charge in [-0.25, -0.2) is 0 Å². The zero-order valence-electron chi connectivity index (χ0n) is 17.5. The Hall–Kier alpha value is -3.22. The van der Waals surface area contributed by atoms with Crippen molar-refractivity contribution in [2.45, 2.75) is 25.3 Å². The number of aromatic hydroxyl groups is 1. The van der Waals surface area contributed by atoms with Crippen LogP contribution in [-0.4, -0.2) is 61.7 Å². The van der Waals surface area contributed by atoms with E-state index in [4.69, 9.17) is 4.74 Å². The van der Waals surface area contributed by atoms with Crippen LogP contribution in [0.3, 0.4) is 0 Å². The molecular weight excluding hydrogens is 382 g/mol. The highest BCUT2D eigenvalue weighted by Gasteiger charge is 2.31. The second kappa shape index (κ2) is 10.0.